The molecule has 90 valence electrons. The second kappa shape index (κ2) is 5.11. The first kappa shape index (κ1) is 11.7. The molecule has 0 fully saturated rings. The van der Waals surface area contributed by atoms with Crippen LogP contribution in [0.1, 0.15) is 34.2 Å². The number of fused-ring (bicyclic) bond motifs is 1. The van der Waals surface area contributed by atoms with Crippen LogP contribution < -0.4 is 5.32 Å². The Bertz CT molecular complexity index is 489. The first-order valence-corrected chi connectivity index (χ1v) is 7.94. The van der Waals surface area contributed by atoms with Gasteiger partial charge in [0.25, 0.3) is 0 Å². The lowest BCUT2D eigenvalue weighted by Crippen LogP contribution is -2.23. The van der Waals surface area contributed by atoms with Crippen LogP contribution in [-0.4, -0.2) is 0 Å². The van der Waals surface area contributed by atoms with Crippen LogP contribution in [-0.2, 0) is 13.0 Å². The van der Waals surface area contributed by atoms with Crippen molar-refractivity contribution in [2.24, 2.45) is 0 Å². The second-order valence-corrected chi connectivity index (χ2v) is 7.13. The number of hydrogen-bond donors (Lipinski definition) is 1. The summed E-state index contributed by atoms with van der Waals surface area (Å²) in [6, 6.07) is 6.93. The minimum atomic E-state index is 0.490. The van der Waals surface area contributed by atoms with Crippen LogP contribution in [0.4, 0.5) is 0 Å². The third-order valence-corrected chi connectivity index (χ3v) is 5.40. The normalized spacial score (nSPS) is 19.2. The Balaban J connectivity index is 1.72. The maximum Gasteiger partial charge on any atom is 0.0934 e. The van der Waals surface area contributed by atoms with Gasteiger partial charge in [0.15, 0.2) is 0 Å². The average Bonchev–Trinajstić information content (AvgIpc) is 2.93. The maximum atomic E-state index is 6.11. The van der Waals surface area contributed by atoms with E-state index in [1.54, 1.807) is 11.3 Å². The molecule has 0 spiro atoms. The maximum absolute atomic E-state index is 6.11. The number of aryl methyl sites for hydroxylation is 1. The molecule has 2 heterocycles. The summed E-state index contributed by atoms with van der Waals surface area (Å²) in [4.78, 5) is 2.88. The highest BCUT2D eigenvalue weighted by Crippen LogP contribution is 2.37. The lowest BCUT2D eigenvalue weighted by molar-refractivity contribution is 0.465. The molecule has 0 saturated heterocycles. The van der Waals surface area contributed by atoms with E-state index < -0.39 is 0 Å². The van der Waals surface area contributed by atoms with Gasteiger partial charge in [-0.05, 0) is 42.3 Å². The number of hydrogen-bond acceptors (Lipinski definition) is 3. The van der Waals surface area contributed by atoms with E-state index in [9.17, 15) is 0 Å². The smallest absolute Gasteiger partial charge is 0.0934 e. The van der Waals surface area contributed by atoms with E-state index in [0.717, 1.165) is 10.9 Å². The summed E-state index contributed by atoms with van der Waals surface area (Å²) in [6.07, 6.45) is 3.70. The molecular formula is C13H14ClNS2. The van der Waals surface area contributed by atoms with E-state index in [0.29, 0.717) is 6.04 Å². The molecular weight excluding hydrogens is 270 g/mol. The van der Waals surface area contributed by atoms with E-state index in [1.165, 1.54) is 34.6 Å². The average molecular weight is 284 g/mol. The first-order chi connectivity index (χ1) is 8.33. The van der Waals surface area contributed by atoms with Crippen molar-refractivity contribution in [2.45, 2.75) is 31.8 Å². The molecule has 0 aliphatic heterocycles. The predicted molar refractivity (Wildman–Crippen MR) is 76.2 cm³/mol. The predicted octanol–water partition coefficient (Wildman–Crippen LogP) is 4.63. The standard InChI is InChI=1S/C13H14ClNS2/c14-13-7-10-11(4-1-5-12(10)17-13)15-8-9-3-2-6-16-9/h2-3,6-7,11,15H,1,4-5,8H2. The van der Waals surface area contributed by atoms with Gasteiger partial charge >= 0.3 is 0 Å². The molecule has 0 amide bonds. The fraction of sp³-hybridized carbons (Fsp3) is 0.385. The first-order valence-electron chi connectivity index (χ1n) is 5.87. The zero-order chi connectivity index (χ0) is 11.7. The summed E-state index contributed by atoms with van der Waals surface area (Å²) in [5.74, 6) is 0. The van der Waals surface area contributed by atoms with E-state index in [2.05, 4.69) is 28.9 Å². The van der Waals surface area contributed by atoms with Crippen LogP contribution in [0.25, 0.3) is 0 Å². The summed E-state index contributed by atoms with van der Waals surface area (Å²) in [5, 5.41) is 5.78. The van der Waals surface area contributed by atoms with Crippen molar-refractivity contribution in [3.63, 3.8) is 0 Å². The summed E-state index contributed by atoms with van der Waals surface area (Å²) >= 11 is 9.67. The Kier molecular flexibility index (Phi) is 3.52. The quantitative estimate of drug-likeness (QED) is 0.866. The van der Waals surface area contributed by atoms with Crippen LogP contribution >= 0.6 is 34.3 Å². The van der Waals surface area contributed by atoms with Crippen molar-refractivity contribution in [3.8, 4) is 0 Å². The van der Waals surface area contributed by atoms with Crippen LogP contribution in [0.2, 0.25) is 4.34 Å². The van der Waals surface area contributed by atoms with Crippen molar-refractivity contribution in [3.05, 3.63) is 43.2 Å². The lowest BCUT2D eigenvalue weighted by Gasteiger charge is -2.23. The molecule has 0 aromatic carbocycles. The Labute approximate surface area is 114 Å². The van der Waals surface area contributed by atoms with Gasteiger partial charge in [0.1, 0.15) is 0 Å². The monoisotopic (exact) mass is 283 g/mol. The number of nitrogens with one attached hydrogen (secondary N) is 1. The molecule has 4 heteroatoms. The minimum Gasteiger partial charge on any atom is -0.305 e. The highest BCUT2D eigenvalue weighted by Gasteiger charge is 2.22. The lowest BCUT2D eigenvalue weighted by atomic mass is 9.94. The second-order valence-electron chi connectivity index (χ2n) is 4.33. The van der Waals surface area contributed by atoms with Gasteiger partial charge in [-0.25, -0.2) is 0 Å². The molecule has 17 heavy (non-hydrogen) atoms. The molecule has 0 saturated carbocycles. The fourth-order valence-corrected chi connectivity index (χ4v) is 4.41. The van der Waals surface area contributed by atoms with Gasteiger partial charge in [0.05, 0.1) is 4.34 Å². The van der Waals surface area contributed by atoms with Gasteiger partial charge < -0.3 is 5.32 Å². The zero-order valence-corrected chi connectivity index (χ0v) is 11.8. The van der Waals surface area contributed by atoms with E-state index in [4.69, 9.17) is 11.6 Å². The van der Waals surface area contributed by atoms with E-state index in [1.807, 2.05) is 11.3 Å². The topological polar surface area (TPSA) is 12.0 Å². The molecule has 1 atom stereocenters. The SMILES string of the molecule is Clc1cc2c(s1)CCCC2NCc1cccs1. The minimum absolute atomic E-state index is 0.490. The van der Waals surface area contributed by atoms with Crippen molar-refractivity contribution in [2.75, 3.05) is 0 Å². The van der Waals surface area contributed by atoms with Crippen molar-refractivity contribution in [1.29, 1.82) is 0 Å². The van der Waals surface area contributed by atoms with E-state index in [-0.39, 0.29) is 0 Å². The third kappa shape index (κ3) is 2.58. The largest absolute Gasteiger partial charge is 0.305 e. The van der Waals surface area contributed by atoms with Crippen LogP contribution in [0.15, 0.2) is 23.6 Å². The van der Waals surface area contributed by atoms with Crippen molar-refractivity contribution >= 4 is 34.3 Å². The number of rotatable bonds is 3. The summed E-state index contributed by atoms with van der Waals surface area (Å²) in [7, 11) is 0. The molecule has 0 radical (unpaired) electrons. The molecule has 1 aliphatic rings. The van der Waals surface area contributed by atoms with E-state index >= 15 is 0 Å². The van der Waals surface area contributed by atoms with Crippen molar-refractivity contribution < 1.29 is 0 Å². The third-order valence-electron chi connectivity index (χ3n) is 3.19. The molecule has 2 aromatic heterocycles. The summed E-state index contributed by atoms with van der Waals surface area (Å²) < 4.78 is 0.930. The number of thiophene rings is 2. The Morgan fingerprint density at radius 1 is 1.47 bits per heavy atom. The Morgan fingerprint density at radius 2 is 2.41 bits per heavy atom. The van der Waals surface area contributed by atoms with Gasteiger partial charge in [-0.2, -0.15) is 0 Å². The Morgan fingerprint density at radius 3 is 3.24 bits per heavy atom. The molecule has 0 bridgehead atoms. The molecule has 1 unspecified atom stereocenters. The van der Waals surface area contributed by atoms with Gasteiger partial charge in [-0.1, -0.05) is 17.7 Å². The fourth-order valence-electron chi connectivity index (χ4n) is 2.37. The summed E-state index contributed by atoms with van der Waals surface area (Å²) in [6.45, 7) is 0.967. The van der Waals surface area contributed by atoms with Gasteiger partial charge in [-0.3, -0.25) is 0 Å². The van der Waals surface area contributed by atoms with Crippen LogP contribution in [0, 0.1) is 0 Å². The molecule has 3 rings (SSSR count). The highest BCUT2D eigenvalue weighted by atomic mass is 35.5. The van der Waals surface area contributed by atoms with Gasteiger partial charge in [-0.15, -0.1) is 22.7 Å². The van der Waals surface area contributed by atoms with Crippen LogP contribution in [0.5, 0.6) is 0 Å². The molecule has 2 aromatic rings. The Hall–Kier alpha value is -0.350. The molecule has 1 aliphatic carbocycles. The van der Waals surface area contributed by atoms with Crippen LogP contribution in [0.3, 0.4) is 0 Å². The highest BCUT2D eigenvalue weighted by molar-refractivity contribution is 7.16. The van der Waals surface area contributed by atoms with Gasteiger partial charge in [0, 0.05) is 22.3 Å². The zero-order valence-electron chi connectivity index (χ0n) is 9.41. The molecule has 1 nitrogen and oxygen atoms in total. The van der Waals surface area contributed by atoms with Crippen molar-refractivity contribution in [1.82, 2.24) is 5.32 Å². The summed E-state index contributed by atoms with van der Waals surface area (Å²) in [5.41, 5.74) is 1.43. The molecule has 1 N–H and O–H groups in total. The number of halogens is 1. The van der Waals surface area contributed by atoms with Gasteiger partial charge in [0.2, 0.25) is 0 Å².